The van der Waals surface area contributed by atoms with E-state index in [9.17, 15) is 14.7 Å². The standard InChI is InChI=1S/C18H19IN2O5/c1-25-15-9-13(14(19)10-16(15)26-2)18(24)21-8-7-20-17(23)11-3-5-12(22)6-4-11/h3-6,9-10,22H,7-8H2,1-2H3,(H,20,23)(H,21,24). The Hall–Kier alpha value is -2.49. The van der Waals surface area contributed by atoms with Gasteiger partial charge in [-0.05, 0) is 59.0 Å². The molecule has 0 fully saturated rings. The number of halogens is 1. The third-order valence-corrected chi connectivity index (χ3v) is 4.44. The number of rotatable bonds is 7. The van der Waals surface area contributed by atoms with Crippen LogP contribution in [0, 0.1) is 3.57 Å². The van der Waals surface area contributed by atoms with Gasteiger partial charge < -0.3 is 25.2 Å². The summed E-state index contributed by atoms with van der Waals surface area (Å²) < 4.78 is 11.1. The maximum Gasteiger partial charge on any atom is 0.252 e. The van der Waals surface area contributed by atoms with Crippen LogP contribution in [0.4, 0.5) is 0 Å². The molecule has 138 valence electrons. The molecule has 3 N–H and O–H groups in total. The van der Waals surface area contributed by atoms with Crippen molar-refractivity contribution in [3.05, 3.63) is 51.1 Å². The number of phenols is 1. The van der Waals surface area contributed by atoms with Crippen LogP contribution in [0.2, 0.25) is 0 Å². The molecule has 26 heavy (non-hydrogen) atoms. The maximum atomic E-state index is 12.3. The van der Waals surface area contributed by atoms with E-state index >= 15 is 0 Å². The van der Waals surface area contributed by atoms with Crippen LogP contribution < -0.4 is 20.1 Å². The van der Waals surface area contributed by atoms with Crippen molar-refractivity contribution in [3.8, 4) is 17.2 Å². The zero-order valence-corrected chi connectivity index (χ0v) is 16.5. The number of carbonyl (C=O) groups excluding carboxylic acids is 2. The van der Waals surface area contributed by atoms with Crippen LogP contribution in [0.5, 0.6) is 17.2 Å². The smallest absolute Gasteiger partial charge is 0.252 e. The number of amides is 2. The van der Waals surface area contributed by atoms with E-state index in [2.05, 4.69) is 33.2 Å². The van der Waals surface area contributed by atoms with Crippen LogP contribution in [0.25, 0.3) is 0 Å². The van der Waals surface area contributed by atoms with E-state index in [1.54, 1.807) is 12.1 Å². The molecule has 0 aliphatic heterocycles. The van der Waals surface area contributed by atoms with Crippen LogP contribution in [0.1, 0.15) is 20.7 Å². The van der Waals surface area contributed by atoms with Crippen LogP contribution in [-0.2, 0) is 0 Å². The first-order chi connectivity index (χ1) is 12.5. The first-order valence-electron chi connectivity index (χ1n) is 7.73. The largest absolute Gasteiger partial charge is 0.508 e. The molecular formula is C18H19IN2O5. The fraction of sp³-hybridized carbons (Fsp3) is 0.222. The molecule has 2 aromatic rings. The molecule has 0 atom stereocenters. The van der Waals surface area contributed by atoms with Crippen LogP contribution in [0.3, 0.4) is 0 Å². The minimum absolute atomic E-state index is 0.0957. The fourth-order valence-corrected chi connectivity index (χ4v) is 2.87. The van der Waals surface area contributed by atoms with Crippen molar-refractivity contribution < 1.29 is 24.2 Å². The Labute approximate surface area is 164 Å². The lowest BCUT2D eigenvalue weighted by Crippen LogP contribution is -2.35. The predicted molar refractivity (Wildman–Crippen MR) is 105 cm³/mol. The second-order valence-electron chi connectivity index (χ2n) is 5.25. The van der Waals surface area contributed by atoms with Crippen molar-refractivity contribution >= 4 is 34.4 Å². The summed E-state index contributed by atoms with van der Waals surface area (Å²) >= 11 is 2.05. The average molecular weight is 470 g/mol. The number of ether oxygens (including phenoxy) is 2. The molecule has 0 spiro atoms. The van der Waals surface area contributed by atoms with Gasteiger partial charge in [-0.1, -0.05) is 0 Å². The Morgan fingerprint density at radius 2 is 1.50 bits per heavy atom. The highest BCUT2D eigenvalue weighted by Gasteiger charge is 2.15. The summed E-state index contributed by atoms with van der Waals surface area (Å²) in [6.45, 7) is 0.544. The van der Waals surface area contributed by atoms with Gasteiger partial charge in [-0.3, -0.25) is 9.59 Å². The lowest BCUT2D eigenvalue weighted by molar-refractivity contribution is 0.0927. The number of nitrogens with one attached hydrogen (secondary N) is 2. The molecule has 0 saturated carbocycles. The SMILES string of the molecule is COc1cc(I)c(C(=O)NCCNC(=O)c2ccc(O)cc2)cc1OC. The first-order valence-corrected chi connectivity index (χ1v) is 8.81. The number of benzene rings is 2. The summed E-state index contributed by atoms with van der Waals surface area (Å²) in [4.78, 5) is 24.3. The Bertz CT molecular complexity index is 793. The minimum atomic E-state index is -0.278. The zero-order valence-electron chi connectivity index (χ0n) is 14.3. The normalized spacial score (nSPS) is 10.1. The Morgan fingerprint density at radius 1 is 0.962 bits per heavy atom. The lowest BCUT2D eigenvalue weighted by Gasteiger charge is -2.12. The van der Waals surface area contributed by atoms with E-state index in [0.717, 1.165) is 3.57 Å². The van der Waals surface area contributed by atoms with Crippen LogP contribution >= 0.6 is 22.6 Å². The molecule has 0 bridgehead atoms. The minimum Gasteiger partial charge on any atom is -0.508 e. The van der Waals surface area contributed by atoms with E-state index in [1.165, 1.54) is 38.5 Å². The molecule has 8 heteroatoms. The van der Waals surface area contributed by atoms with Gasteiger partial charge in [0.1, 0.15) is 5.75 Å². The second kappa shape index (κ2) is 9.27. The van der Waals surface area contributed by atoms with Crippen molar-refractivity contribution in [2.75, 3.05) is 27.3 Å². The van der Waals surface area contributed by atoms with Gasteiger partial charge in [0, 0.05) is 22.2 Å². The summed E-state index contributed by atoms with van der Waals surface area (Å²) in [6, 6.07) is 9.27. The summed E-state index contributed by atoms with van der Waals surface area (Å²) in [5, 5.41) is 14.7. The number of aromatic hydroxyl groups is 1. The third-order valence-electron chi connectivity index (χ3n) is 3.54. The molecule has 2 amide bonds. The van der Waals surface area contributed by atoms with Gasteiger partial charge in [-0.15, -0.1) is 0 Å². The van der Waals surface area contributed by atoms with Crippen molar-refractivity contribution in [2.24, 2.45) is 0 Å². The highest BCUT2D eigenvalue weighted by atomic mass is 127. The highest BCUT2D eigenvalue weighted by Crippen LogP contribution is 2.31. The predicted octanol–water partition coefficient (Wildman–Crippen LogP) is 2.17. The monoisotopic (exact) mass is 470 g/mol. The molecule has 0 aliphatic carbocycles. The van der Waals surface area contributed by atoms with Crippen molar-refractivity contribution in [2.45, 2.75) is 0 Å². The summed E-state index contributed by atoms with van der Waals surface area (Å²) in [7, 11) is 3.04. The first kappa shape index (κ1) is 19.8. The van der Waals surface area contributed by atoms with Crippen molar-refractivity contribution in [3.63, 3.8) is 0 Å². The average Bonchev–Trinajstić information content (AvgIpc) is 2.65. The molecule has 0 saturated heterocycles. The van der Waals surface area contributed by atoms with Crippen molar-refractivity contribution in [1.29, 1.82) is 0 Å². The molecule has 0 radical (unpaired) electrons. The second-order valence-corrected chi connectivity index (χ2v) is 6.41. The maximum absolute atomic E-state index is 12.3. The van der Waals surface area contributed by atoms with Crippen molar-refractivity contribution in [1.82, 2.24) is 10.6 Å². The quantitative estimate of drug-likeness (QED) is 0.426. The van der Waals surface area contributed by atoms with Gasteiger partial charge in [0.2, 0.25) is 0 Å². The van der Waals surface area contributed by atoms with Gasteiger partial charge >= 0.3 is 0 Å². The molecule has 0 heterocycles. The number of carbonyl (C=O) groups is 2. The van der Waals surface area contributed by atoms with Crippen LogP contribution in [-0.4, -0.2) is 44.2 Å². The zero-order chi connectivity index (χ0) is 19.1. The summed E-state index contributed by atoms with van der Waals surface area (Å²) in [5.74, 6) is 0.570. The van der Waals surface area contributed by atoms with Crippen LogP contribution in [0.15, 0.2) is 36.4 Å². The molecule has 2 aromatic carbocycles. The number of hydrogen-bond acceptors (Lipinski definition) is 5. The van der Waals surface area contributed by atoms with Gasteiger partial charge in [0.25, 0.3) is 11.8 Å². The number of methoxy groups -OCH3 is 2. The van der Waals surface area contributed by atoms with Gasteiger partial charge in [-0.2, -0.15) is 0 Å². The molecule has 0 unspecified atom stereocenters. The van der Waals surface area contributed by atoms with E-state index in [4.69, 9.17) is 9.47 Å². The van der Waals surface area contributed by atoms with E-state index in [-0.39, 0.29) is 30.7 Å². The lowest BCUT2D eigenvalue weighted by atomic mass is 10.2. The summed E-state index contributed by atoms with van der Waals surface area (Å²) in [6.07, 6.45) is 0. The summed E-state index contributed by atoms with van der Waals surface area (Å²) in [5.41, 5.74) is 0.900. The topological polar surface area (TPSA) is 96.9 Å². The molecular weight excluding hydrogens is 451 g/mol. The van der Waals surface area contributed by atoms with Gasteiger partial charge in [0.05, 0.1) is 19.8 Å². The highest BCUT2D eigenvalue weighted by molar-refractivity contribution is 14.1. The van der Waals surface area contributed by atoms with Gasteiger partial charge in [-0.25, -0.2) is 0 Å². The van der Waals surface area contributed by atoms with E-state index in [0.29, 0.717) is 22.6 Å². The number of phenolic OH excluding ortho intramolecular Hbond substituents is 1. The Morgan fingerprint density at radius 3 is 2.08 bits per heavy atom. The Kier molecular flexibility index (Phi) is 7.07. The molecule has 0 aromatic heterocycles. The van der Waals surface area contributed by atoms with Gasteiger partial charge in [0.15, 0.2) is 11.5 Å². The third kappa shape index (κ3) is 5.01. The fourth-order valence-electron chi connectivity index (χ4n) is 2.19. The van der Waals surface area contributed by atoms with E-state index < -0.39 is 0 Å². The number of hydrogen-bond donors (Lipinski definition) is 3. The Balaban J connectivity index is 1.89. The molecule has 2 rings (SSSR count). The molecule has 0 aliphatic rings. The molecule has 7 nitrogen and oxygen atoms in total. The van der Waals surface area contributed by atoms with E-state index in [1.807, 2.05) is 0 Å².